The molecule has 0 aliphatic heterocycles. The summed E-state index contributed by atoms with van der Waals surface area (Å²) in [4.78, 5) is 14.7. The zero-order valence-corrected chi connectivity index (χ0v) is 20.5. The Hall–Kier alpha value is -3.65. The molecule has 3 aliphatic rings. The van der Waals surface area contributed by atoms with E-state index in [4.69, 9.17) is 9.97 Å². The zero-order chi connectivity index (χ0) is 24.8. The van der Waals surface area contributed by atoms with Gasteiger partial charge in [0.05, 0.1) is 17.5 Å². The summed E-state index contributed by atoms with van der Waals surface area (Å²) in [6.07, 6.45) is 9.42. The molecule has 0 radical (unpaired) electrons. The summed E-state index contributed by atoms with van der Waals surface area (Å²) in [6.45, 7) is 6.09. The van der Waals surface area contributed by atoms with Crippen LogP contribution in [0.15, 0.2) is 66.4 Å². The number of pyridine rings is 1. The van der Waals surface area contributed by atoms with E-state index in [1.54, 1.807) is 6.07 Å². The number of hydrogen-bond donors (Lipinski definition) is 0. The van der Waals surface area contributed by atoms with Gasteiger partial charge >= 0.3 is 0 Å². The number of hydrogen-bond acceptors (Lipinski definition) is 4. The summed E-state index contributed by atoms with van der Waals surface area (Å²) in [5, 5.41) is 9.95. The number of rotatable bonds is 5. The van der Waals surface area contributed by atoms with E-state index in [1.807, 2.05) is 30.5 Å². The van der Waals surface area contributed by atoms with Crippen LogP contribution in [-0.2, 0) is 6.42 Å². The summed E-state index contributed by atoms with van der Waals surface area (Å²) < 4.78 is 15.1. The van der Waals surface area contributed by atoms with Crippen LogP contribution in [0.4, 0.5) is 4.39 Å². The summed E-state index contributed by atoms with van der Waals surface area (Å²) in [5.41, 5.74) is 7.23. The quantitative estimate of drug-likeness (QED) is 0.362. The van der Waals surface area contributed by atoms with Crippen molar-refractivity contribution in [2.24, 2.45) is 11.8 Å². The van der Waals surface area contributed by atoms with Crippen LogP contribution in [-0.4, -0.2) is 15.0 Å². The normalized spacial score (nSPS) is 23.0. The van der Waals surface area contributed by atoms with Crippen molar-refractivity contribution in [2.75, 3.05) is 0 Å². The van der Waals surface area contributed by atoms with E-state index >= 15 is 4.39 Å². The molecule has 0 bridgehead atoms. The molecular weight excluding hydrogens is 447 g/mol. The second-order valence-corrected chi connectivity index (χ2v) is 10.4. The van der Waals surface area contributed by atoms with Crippen molar-refractivity contribution >= 4 is 0 Å². The standard InChI is InChI=1S/C31H29FN4/c1-3-6-22-18(2)21(17-33)15-26-23(22)11-12-25-29(24-7-4-5-8-27(24)32)35-31(36-30(25)26)20-13-14-34-28(16-20)19-9-10-19/h3-5,7-8,13-14,16,19,22-23,26H,1,6,9-12,15H2,2H3. The maximum Gasteiger partial charge on any atom is 0.160 e. The van der Waals surface area contributed by atoms with Gasteiger partial charge in [0.15, 0.2) is 5.82 Å². The Morgan fingerprint density at radius 2 is 2.00 bits per heavy atom. The second-order valence-electron chi connectivity index (χ2n) is 10.4. The minimum absolute atomic E-state index is 0.106. The van der Waals surface area contributed by atoms with E-state index in [0.717, 1.165) is 47.4 Å². The highest BCUT2D eigenvalue weighted by Gasteiger charge is 2.42. The summed E-state index contributed by atoms with van der Waals surface area (Å²) in [7, 11) is 0. The Balaban J connectivity index is 1.55. The minimum atomic E-state index is -0.276. The number of fused-ring (bicyclic) bond motifs is 3. The maximum atomic E-state index is 15.1. The van der Waals surface area contributed by atoms with Gasteiger partial charge in [-0.15, -0.1) is 6.58 Å². The number of aromatic nitrogens is 3. The van der Waals surface area contributed by atoms with E-state index in [1.165, 1.54) is 24.5 Å². The summed E-state index contributed by atoms with van der Waals surface area (Å²) >= 11 is 0. The van der Waals surface area contributed by atoms with E-state index in [0.29, 0.717) is 35.3 Å². The first-order valence-electron chi connectivity index (χ1n) is 12.9. The van der Waals surface area contributed by atoms with Crippen LogP contribution in [0.2, 0.25) is 0 Å². The van der Waals surface area contributed by atoms with Crippen molar-refractivity contribution < 1.29 is 4.39 Å². The zero-order valence-electron chi connectivity index (χ0n) is 20.5. The van der Waals surface area contributed by atoms with Crippen molar-refractivity contribution in [1.29, 1.82) is 5.26 Å². The lowest BCUT2D eigenvalue weighted by atomic mass is 9.62. The van der Waals surface area contributed by atoms with Gasteiger partial charge in [0.2, 0.25) is 0 Å². The van der Waals surface area contributed by atoms with Gasteiger partial charge in [0, 0.05) is 46.0 Å². The first kappa shape index (κ1) is 22.8. The molecular formula is C31H29FN4. The molecule has 0 N–H and O–H groups in total. The first-order valence-corrected chi connectivity index (χ1v) is 12.9. The highest BCUT2D eigenvalue weighted by molar-refractivity contribution is 5.69. The lowest BCUT2D eigenvalue weighted by Crippen LogP contribution is -2.33. The number of benzene rings is 1. The van der Waals surface area contributed by atoms with Gasteiger partial charge in [-0.3, -0.25) is 4.98 Å². The Morgan fingerprint density at radius 1 is 1.17 bits per heavy atom. The largest absolute Gasteiger partial charge is 0.261 e. The molecule has 2 aromatic heterocycles. The van der Waals surface area contributed by atoms with E-state index in [-0.39, 0.29) is 17.7 Å². The van der Waals surface area contributed by atoms with Gasteiger partial charge < -0.3 is 0 Å². The molecule has 1 fully saturated rings. The fraction of sp³-hybridized carbons (Fsp3) is 0.355. The van der Waals surface area contributed by atoms with Gasteiger partial charge in [-0.25, -0.2) is 14.4 Å². The molecule has 4 nitrogen and oxygen atoms in total. The molecule has 1 saturated carbocycles. The van der Waals surface area contributed by atoms with Crippen LogP contribution < -0.4 is 0 Å². The van der Waals surface area contributed by atoms with Crippen LogP contribution in [0.3, 0.4) is 0 Å². The third kappa shape index (κ3) is 3.86. The average Bonchev–Trinajstić information content (AvgIpc) is 3.75. The summed E-state index contributed by atoms with van der Waals surface area (Å²) in [5.74, 6) is 1.62. The van der Waals surface area contributed by atoms with Crippen LogP contribution in [0.1, 0.15) is 67.8 Å². The number of nitrogens with zero attached hydrogens (tertiary/aromatic N) is 4. The molecule has 180 valence electrons. The molecule has 3 aromatic rings. The minimum Gasteiger partial charge on any atom is -0.261 e. The number of nitriles is 1. The average molecular weight is 477 g/mol. The number of halogens is 1. The van der Waals surface area contributed by atoms with Gasteiger partial charge in [-0.2, -0.15) is 5.26 Å². The van der Waals surface area contributed by atoms with Crippen molar-refractivity contribution in [1.82, 2.24) is 15.0 Å². The highest BCUT2D eigenvalue weighted by atomic mass is 19.1. The van der Waals surface area contributed by atoms with Crippen LogP contribution in [0.25, 0.3) is 22.6 Å². The molecule has 0 spiro atoms. The maximum absolute atomic E-state index is 15.1. The lowest BCUT2D eigenvalue weighted by Gasteiger charge is -2.42. The van der Waals surface area contributed by atoms with E-state index < -0.39 is 0 Å². The van der Waals surface area contributed by atoms with Crippen molar-refractivity contribution in [2.45, 2.75) is 57.3 Å². The molecule has 2 heterocycles. The summed E-state index contributed by atoms with van der Waals surface area (Å²) in [6, 6.07) is 13.4. The molecule has 5 heteroatoms. The van der Waals surface area contributed by atoms with Crippen LogP contribution in [0.5, 0.6) is 0 Å². The van der Waals surface area contributed by atoms with Gasteiger partial charge in [-0.05, 0) is 81.5 Å². The van der Waals surface area contributed by atoms with Gasteiger partial charge in [0.1, 0.15) is 5.82 Å². The topological polar surface area (TPSA) is 62.5 Å². The third-order valence-corrected chi connectivity index (χ3v) is 8.33. The molecule has 3 unspecified atom stereocenters. The van der Waals surface area contributed by atoms with Crippen molar-refractivity contribution in [3.05, 3.63) is 89.2 Å². The Labute approximate surface area is 211 Å². The second kappa shape index (κ2) is 9.09. The predicted molar refractivity (Wildman–Crippen MR) is 138 cm³/mol. The van der Waals surface area contributed by atoms with E-state index in [2.05, 4.69) is 30.6 Å². The number of allylic oxidation sites excluding steroid dienone is 3. The molecule has 0 amide bonds. The lowest BCUT2D eigenvalue weighted by molar-refractivity contribution is 0.256. The molecule has 3 aliphatic carbocycles. The molecule has 36 heavy (non-hydrogen) atoms. The van der Waals surface area contributed by atoms with Crippen molar-refractivity contribution in [3.8, 4) is 28.7 Å². The smallest absolute Gasteiger partial charge is 0.160 e. The van der Waals surface area contributed by atoms with E-state index in [9.17, 15) is 5.26 Å². The van der Waals surface area contributed by atoms with Crippen LogP contribution in [0, 0.1) is 29.0 Å². The highest BCUT2D eigenvalue weighted by Crippen LogP contribution is 2.52. The van der Waals surface area contributed by atoms with Crippen molar-refractivity contribution in [3.63, 3.8) is 0 Å². The molecule has 1 aromatic carbocycles. The Bertz CT molecular complexity index is 1430. The first-order chi connectivity index (χ1) is 17.6. The van der Waals surface area contributed by atoms with Gasteiger partial charge in [-0.1, -0.05) is 23.8 Å². The Kier molecular flexibility index (Phi) is 5.76. The van der Waals surface area contributed by atoms with Gasteiger partial charge in [0.25, 0.3) is 0 Å². The molecule has 6 rings (SSSR count). The monoisotopic (exact) mass is 476 g/mol. The molecule has 3 atom stereocenters. The fourth-order valence-electron chi connectivity index (χ4n) is 6.28. The SMILES string of the molecule is C=CCC1C(C)=C(C#N)CC2c3nc(-c4ccnc(C5CC5)c4)nc(-c4ccccc4F)c3CCC12. The molecule has 0 saturated heterocycles. The Morgan fingerprint density at radius 3 is 2.75 bits per heavy atom. The van der Waals surface area contributed by atoms with Crippen LogP contribution >= 0.6 is 0 Å². The third-order valence-electron chi connectivity index (χ3n) is 8.33. The predicted octanol–water partition coefficient (Wildman–Crippen LogP) is 7.30. The fourth-order valence-corrected chi connectivity index (χ4v) is 6.28.